The third-order valence-electron chi connectivity index (χ3n) is 7.63. The first kappa shape index (κ1) is 27.2. The monoisotopic (exact) mass is 561 g/mol. The van der Waals surface area contributed by atoms with Crippen molar-refractivity contribution in [1.29, 1.82) is 0 Å². The van der Waals surface area contributed by atoms with Crippen LogP contribution in [0.1, 0.15) is 43.7 Å². The number of fused-ring (bicyclic) bond motifs is 1. The van der Waals surface area contributed by atoms with Crippen molar-refractivity contribution >= 4 is 46.6 Å². The number of nitrogens with zero attached hydrogens (tertiary/aromatic N) is 3. The first-order valence-corrected chi connectivity index (χ1v) is 13.9. The summed E-state index contributed by atoms with van der Waals surface area (Å²) in [4.78, 5) is 47.8. The molecule has 2 aliphatic heterocycles. The zero-order valence-corrected chi connectivity index (χ0v) is 23.5. The van der Waals surface area contributed by atoms with Gasteiger partial charge >= 0.3 is 0 Å². The van der Waals surface area contributed by atoms with Crippen molar-refractivity contribution in [2.24, 2.45) is 4.99 Å². The Bertz CT molecular complexity index is 1680. The Morgan fingerprint density at radius 2 is 1.71 bits per heavy atom. The number of nitrogens with one attached hydrogen (secondary N) is 2. The van der Waals surface area contributed by atoms with Crippen molar-refractivity contribution in [2.45, 2.75) is 12.8 Å². The van der Waals surface area contributed by atoms with Crippen molar-refractivity contribution in [3.8, 4) is 0 Å². The Balaban J connectivity index is 1.13. The van der Waals surface area contributed by atoms with Gasteiger partial charge in [-0.3, -0.25) is 19.4 Å². The SMILES string of the molecule is Cc1ccc(C(=O)Nc2cccc(C(=O)c3ccc4c(c3)NC(=O)C4C=Nc3ccc(N4CCN(C)CC4)cc3)c2)o1. The van der Waals surface area contributed by atoms with Crippen LogP contribution in [-0.4, -0.2) is 61.9 Å². The summed E-state index contributed by atoms with van der Waals surface area (Å²) in [5, 5.41) is 5.64. The molecule has 0 bridgehead atoms. The van der Waals surface area contributed by atoms with Crippen molar-refractivity contribution in [1.82, 2.24) is 4.90 Å². The highest BCUT2D eigenvalue weighted by molar-refractivity contribution is 6.15. The van der Waals surface area contributed by atoms with Crippen molar-refractivity contribution in [2.75, 3.05) is 48.8 Å². The molecule has 9 heteroatoms. The third kappa shape index (κ3) is 5.73. The molecule has 42 heavy (non-hydrogen) atoms. The van der Waals surface area contributed by atoms with E-state index in [0.717, 1.165) is 37.4 Å². The second-order valence-electron chi connectivity index (χ2n) is 10.6. The summed E-state index contributed by atoms with van der Waals surface area (Å²) in [7, 11) is 2.14. The Morgan fingerprint density at radius 3 is 2.45 bits per heavy atom. The number of hydrogen-bond donors (Lipinski definition) is 2. The number of carbonyl (C=O) groups excluding carboxylic acids is 3. The summed E-state index contributed by atoms with van der Waals surface area (Å²) in [6.45, 7) is 5.84. The van der Waals surface area contributed by atoms with Gasteiger partial charge in [-0.1, -0.05) is 24.3 Å². The number of rotatable bonds is 7. The summed E-state index contributed by atoms with van der Waals surface area (Å²) >= 11 is 0. The van der Waals surface area contributed by atoms with E-state index < -0.39 is 11.8 Å². The molecule has 2 aliphatic rings. The second kappa shape index (κ2) is 11.5. The van der Waals surface area contributed by atoms with E-state index >= 15 is 0 Å². The molecule has 0 saturated carbocycles. The van der Waals surface area contributed by atoms with Crippen molar-refractivity contribution in [3.63, 3.8) is 0 Å². The molecule has 212 valence electrons. The fourth-order valence-corrected chi connectivity index (χ4v) is 5.21. The molecule has 3 heterocycles. The van der Waals surface area contributed by atoms with Crippen molar-refractivity contribution < 1.29 is 18.8 Å². The van der Waals surface area contributed by atoms with Gasteiger partial charge in [0.2, 0.25) is 5.91 Å². The molecule has 3 aromatic carbocycles. The van der Waals surface area contributed by atoms with Crippen LogP contribution >= 0.6 is 0 Å². The number of hydrogen-bond acceptors (Lipinski definition) is 7. The van der Waals surface area contributed by atoms with Gasteiger partial charge in [-0.05, 0) is 74.1 Å². The van der Waals surface area contributed by atoms with Crippen LogP contribution < -0.4 is 15.5 Å². The maximum atomic E-state index is 13.3. The van der Waals surface area contributed by atoms with Crippen LogP contribution in [0.2, 0.25) is 0 Å². The normalized spacial score (nSPS) is 16.9. The first-order chi connectivity index (χ1) is 20.3. The predicted molar refractivity (Wildman–Crippen MR) is 163 cm³/mol. The molecule has 2 N–H and O–H groups in total. The number of carbonyl (C=O) groups is 3. The quantitative estimate of drug-likeness (QED) is 0.235. The van der Waals surface area contributed by atoms with Gasteiger partial charge in [0.15, 0.2) is 11.5 Å². The van der Waals surface area contributed by atoms with Gasteiger partial charge in [0.05, 0.1) is 5.69 Å². The minimum absolute atomic E-state index is 0.190. The van der Waals surface area contributed by atoms with Gasteiger partial charge in [-0.25, -0.2) is 0 Å². The van der Waals surface area contributed by atoms with E-state index in [2.05, 4.69) is 44.6 Å². The molecule has 0 aliphatic carbocycles. The van der Waals surface area contributed by atoms with Gasteiger partial charge in [-0.2, -0.15) is 0 Å². The van der Waals surface area contributed by atoms with E-state index in [9.17, 15) is 14.4 Å². The summed E-state index contributed by atoms with van der Waals surface area (Å²) in [5.74, 6) is -0.535. The van der Waals surface area contributed by atoms with Crippen LogP contribution in [0.25, 0.3) is 0 Å². The molecule has 1 atom stereocenters. The smallest absolute Gasteiger partial charge is 0.291 e. The molecular formula is C33H31N5O4. The second-order valence-corrected chi connectivity index (χ2v) is 10.6. The van der Waals surface area contributed by atoms with Gasteiger partial charge in [0.25, 0.3) is 5.91 Å². The van der Waals surface area contributed by atoms with Crippen LogP contribution in [0.3, 0.4) is 0 Å². The molecule has 1 saturated heterocycles. The maximum Gasteiger partial charge on any atom is 0.291 e. The number of piperazine rings is 1. The number of aryl methyl sites for hydroxylation is 1. The lowest BCUT2D eigenvalue weighted by Crippen LogP contribution is -2.44. The molecule has 2 amide bonds. The minimum atomic E-state index is -0.551. The van der Waals surface area contributed by atoms with Gasteiger partial charge in [0, 0.05) is 60.6 Å². The molecule has 1 aromatic heterocycles. The number of anilines is 3. The molecule has 0 radical (unpaired) electrons. The largest absolute Gasteiger partial charge is 0.456 e. The number of amides is 2. The number of benzene rings is 3. The van der Waals surface area contributed by atoms with Crippen LogP contribution in [0.5, 0.6) is 0 Å². The molecule has 9 nitrogen and oxygen atoms in total. The number of likely N-dealkylation sites (N-methyl/N-ethyl adjacent to an activating group) is 1. The summed E-state index contributed by atoms with van der Waals surface area (Å²) in [6, 6.07) is 23.3. The molecule has 6 rings (SSSR count). The fourth-order valence-electron chi connectivity index (χ4n) is 5.21. The minimum Gasteiger partial charge on any atom is -0.456 e. The van der Waals surface area contributed by atoms with E-state index in [0.29, 0.717) is 28.3 Å². The zero-order valence-electron chi connectivity index (χ0n) is 23.5. The predicted octanol–water partition coefficient (Wildman–Crippen LogP) is 5.26. The molecule has 4 aromatic rings. The maximum absolute atomic E-state index is 13.3. The Kier molecular flexibility index (Phi) is 7.41. The van der Waals surface area contributed by atoms with E-state index in [-0.39, 0.29) is 17.5 Å². The van der Waals surface area contributed by atoms with Crippen LogP contribution in [-0.2, 0) is 4.79 Å². The Labute approximate surface area is 243 Å². The number of ketones is 1. The van der Waals surface area contributed by atoms with E-state index in [1.165, 1.54) is 5.69 Å². The van der Waals surface area contributed by atoms with Gasteiger partial charge in [0.1, 0.15) is 11.7 Å². The highest BCUT2D eigenvalue weighted by Crippen LogP contribution is 2.33. The van der Waals surface area contributed by atoms with Crippen LogP contribution in [0, 0.1) is 6.92 Å². The zero-order chi connectivity index (χ0) is 29.2. The number of furan rings is 1. The fraction of sp³-hybridized carbons (Fsp3) is 0.212. The Morgan fingerprint density at radius 1 is 0.952 bits per heavy atom. The third-order valence-corrected chi connectivity index (χ3v) is 7.63. The summed E-state index contributed by atoms with van der Waals surface area (Å²) in [6.07, 6.45) is 1.65. The van der Waals surface area contributed by atoms with E-state index in [1.807, 2.05) is 12.1 Å². The van der Waals surface area contributed by atoms with Gasteiger partial charge in [-0.15, -0.1) is 0 Å². The number of aliphatic imine (C=N–C) groups is 1. The Hall–Kier alpha value is -5.02. The average Bonchev–Trinajstić information content (AvgIpc) is 3.58. The standard InChI is InChI=1S/C33H31N5O4/c1-21-6-13-30(42-21)33(41)35-25-5-3-4-22(18-25)31(39)23-7-12-27-28(32(40)36-29(27)19-23)20-34-24-8-10-26(11-9-24)38-16-14-37(2)15-17-38/h3-13,18-20,28H,14-17H2,1-2H3,(H,35,41)(H,36,40). The lowest BCUT2D eigenvalue weighted by atomic mass is 9.97. The van der Waals surface area contributed by atoms with E-state index in [4.69, 9.17) is 4.42 Å². The molecule has 1 unspecified atom stereocenters. The highest BCUT2D eigenvalue weighted by atomic mass is 16.3. The molecule has 0 spiro atoms. The molecular weight excluding hydrogens is 530 g/mol. The first-order valence-electron chi connectivity index (χ1n) is 13.9. The summed E-state index contributed by atoms with van der Waals surface area (Å²) in [5.41, 5.74) is 4.61. The van der Waals surface area contributed by atoms with Gasteiger partial charge < -0.3 is 24.9 Å². The summed E-state index contributed by atoms with van der Waals surface area (Å²) < 4.78 is 5.37. The van der Waals surface area contributed by atoms with Crippen LogP contribution in [0.4, 0.5) is 22.7 Å². The highest BCUT2D eigenvalue weighted by Gasteiger charge is 2.30. The van der Waals surface area contributed by atoms with Crippen molar-refractivity contribution in [3.05, 3.63) is 107 Å². The average molecular weight is 562 g/mol. The van der Waals surface area contributed by atoms with Crippen LogP contribution in [0.15, 0.2) is 88.3 Å². The van der Waals surface area contributed by atoms with E-state index in [1.54, 1.807) is 67.7 Å². The lowest BCUT2D eigenvalue weighted by Gasteiger charge is -2.34. The molecule has 1 fully saturated rings. The lowest BCUT2D eigenvalue weighted by molar-refractivity contribution is -0.115. The topological polar surface area (TPSA) is 107 Å².